The van der Waals surface area contributed by atoms with Crippen LogP contribution < -0.4 is 16.0 Å². The molecule has 6 nitrogen and oxygen atoms in total. The number of carbonyl (C=O) groups is 3. The highest BCUT2D eigenvalue weighted by Gasteiger charge is 2.09. The summed E-state index contributed by atoms with van der Waals surface area (Å²) in [5.74, 6) is -0.438. The van der Waals surface area contributed by atoms with E-state index in [1.54, 1.807) is 48.5 Å². The van der Waals surface area contributed by atoms with Crippen molar-refractivity contribution in [2.24, 2.45) is 0 Å². The Morgan fingerprint density at radius 1 is 0.595 bits per heavy atom. The second kappa shape index (κ2) is 15.2. The van der Waals surface area contributed by atoms with Gasteiger partial charge in [-0.1, -0.05) is 75.8 Å². The highest BCUT2D eigenvalue weighted by Crippen LogP contribution is 2.15. The zero-order chi connectivity index (χ0) is 26.3. The Morgan fingerprint density at radius 2 is 1.14 bits per heavy atom. The van der Waals surface area contributed by atoms with Gasteiger partial charge in [-0.15, -0.1) is 0 Å². The molecule has 0 aliphatic carbocycles. The number of benzene rings is 3. The van der Waals surface area contributed by atoms with E-state index in [0.717, 1.165) is 18.4 Å². The fraction of sp³-hybridized carbons (Fsp3) is 0.323. The molecule has 0 unspecified atom stereocenters. The first-order chi connectivity index (χ1) is 18.0. The highest BCUT2D eigenvalue weighted by molar-refractivity contribution is 6.05. The molecule has 0 aliphatic heterocycles. The van der Waals surface area contributed by atoms with Crippen LogP contribution in [0.15, 0.2) is 78.9 Å². The Labute approximate surface area is 219 Å². The normalized spacial score (nSPS) is 10.5. The van der Waals surface area contributed by atoms with Crippen LogP contribution in [-0.4, -0.2) is 17.7 Å². The molecule has 0 saturated carbocycles. The molecule has 0 atom stereocenters. The summed E-state index contributed by atoms with van der Waals surface area (Å²) in [4.78, 5) is 37.2. The van der Waals surface area contributed by atoms with Crippen molar-refractivity contribution in [2.45, 2.75) is 64.8 Å². The molecule has 194 valence electrons. The van der Waals surface area contributed by atoms with Crippen LogP contribution in [0.25, 0.3) is 0 Å². The van der Waals surface area contributed by atoms with Crippen LogP contribution in [0.4, 0.5) is 11.4 Å². The maximum absolute atomic E-state index is 12.6. The summed E-state index contributed by atoms with van der Waals surface area (Å²) in [6, 6.07) is 23.3. The summed E-state index contributed by atoms with van der Waals surface area (Å²) in [5, 5.41) is 8.62. The minimum atomic E-state index is -0.262. The van der Waals surface area contributed by atoms with Crippen molar-refractivity contribution in [1.29, 1.82) is 0 Å². The van der Waals surface area contributed by atoms with Crippen molar-refractivity contribution in [3.63, 3.8) is 0 Å². The SMILES string of the molecule is CCCCCCCCCC(=O)Nc1ccc(C(=O)Nc2ccc(C(=O)NCc3ccccc3)cc2)cc1. The maximum atomic E-state index is 12.6. The van der Waals surface area contributed by atoms with Gasteiger partial charge in [0.1, 0.15) is 0 Å². The van der Waals surface area contributed by atoms with E-state index in [4.69, 9.17) is 0 Å². The molecule has 0 saturated heterocycles. The Bertz CT molecular complexity index is 1130. The van der Waals surface area contributed by atoms with E-state index in [1.165, 1.54) is 32.1 Å². The van der Waals surface area contributed by atoms with Crippen molar-refractivity contribution in [3.8, 4) is 0 Å². The van der Waals surface area contributed by atoms with Crippen molar-refractivity contribution < 1.29 is 14.4 Å². The Balaban J connectivity index is 1.40. The predicted molar refractivity (Wildman–Crippen MR) is 150 cm³/mol. The molecule has 0 aromatic heterocycles. The number of rotatable bonds is 14. The van der Waals surface area contributed by atoms with Gasteiger partial charge in [-0.2, -0.15) is 0 Å². The first-order valence-electron chi connectivity index (χ1n) is 13.2. The fourth-order valence-corrected chi connectivity index (χ4v) is 3.96. The number of hydrogen-bond acceptors (Lipinski definition) is 3. The number of hydrogen-bond donors (Lipinski definition) is 3. The van der Waals surface area contributed by atoms with E-state index in [2.05, 4.69) is 22.9 Å². The van der Waals surface area contributed by atoms with Crippen molar-refractivity contribution in [1.82, 2.24) is 5.32 Å². The molecular formula is C31H37N3O3. The third kappa shape index (κ3) is 9.92. The van der Waals surface area contributed by atoms with E-state index in [0.29, 0.717) is 35.5 Å². The van der Waals surface area contributed by atoms with Crippen LogP contribution in [-0.2, 0) is 11.3 Å². The summed E-state index contributed by atoms with van der Waals surface area (Å²) in [6.07, 6.45) is 8.72. The average Bonchev–Trinajstić information content (AvgIpc) is 2.92. The Kier molecular flexibility index (Phi) is 11.4. The quantitative estimate of drug-likeness (QED) is 0.210. The molecule has 3 N–H and O–H groups in total. The number of carbonyl (C=O) groups excluding carboxylic acids is 3. The highest BCUT2D eigenvalue weighted by atomic mass is 16.2. The van der Waals surface area contributed by atoms with E-state index in [-0.39, 0.29) is 17.7 Å². The lowest BCUT2D eigenvalue weighted by molar-refractivity contribution is -0.116. The first-order valence-corrected chi connectivity index (χ1v) is 13.2. The lowest BCUT2D eigenvalue weighted by atomic mass is 10.1. The topological polar surface area (TPSA) is 87.3 Å². The average molecular weight is 500 g/mol. The van der Waals surface area contributed by atoms with Gasteiger partial charge in [-0.25, -0.2) is 0 Å². The number of amides is 3. The van der Waals surface area contributed by atoms with Crippen LogP contribution >= 0.6 is 0 Å². The van der Waals surface area contributed by atoms with Gasteiger partial charge < -0.3 is 16.0 Å². The molecule has 6 heteroatoms. The van der Waals surface area contributed by atoms with Crippen molar-refractivity contribution in [2.75, 3.05) is 10.6 Å². The van der Waals surface area contributed by atoms with Crippen LogP contribution in [0, 0.1) is 0 Å². The summed E-state index contributed by atoms with van der Waals surface area (Å²) >= 11 is 0. The number of unbranched alkanes of at least 4 members (excludes halogenated alkanes) is 6. The van der Waals surface area contributed by atoms with Crippen LogP contribution in [0.2, 0.25) is 0 Å². The molecule has 0 spiro atoms. The Morgan fingerprint density at radius 3 is 1.76 bits per heavy atom. The number of anilines is 2. The summed E-state index contributed by atoms with van der Waals surface area (Å²) in [7, 11) is 0. The molecule has 0 radical (unpaired) electrons. The van der Waals surface area contributed by atoms with Gasteiger partial charge >= 0.3 is 0 Å². The van der Waals surface area contributed by atoms with Gasteiger partial charge in [0.05, 0.1) is 0 Å². The van der Waals surface area contributed by atoms with Crippen molar-refractivity contribution >= 4 is 29.1 Å². The molecule has 37 heavy (non-hydrogen) atoms. The number of nitrogens with one attached hydrogen (secondary N) is 3. The monoisotopic (exact) mass is 499 g/mol. The molecule has 0 bridgehead atoms. The standard InChI is InChI=1S/C31H37N3O3/c1-2-3-4-5-6-7-11-14-29(35)33-27-19-17-26(18-20-27)31(37)34-28-21-15-25(16-22-28)30(36)32-23-24-12-9-8-10-13-24/h8-10,12-13,15-22H,2-7,11,14,23H2,1H3,(H,32,36)(H,33,35)(H,34,37). The van der Waals surface area contributed by atoms with Gasteiger partial charge in [-0.3, -0.25) is 14.4 Å². The smallest absolute Gasteiger partial charge is 0.255 e. The van der Waals surface area contributed by atoms with Crippen LogP contribution in [0.5, 0.6) is 0 Å². The molecule has 0 aliphatic rings. The zero-order valence-electron chi connectivity index (χ0n) is 21.6. The van der Waals surface area contributed by atoms with Crippen LogP contribution in [0.1, 0.15) is 84.6 Å². The molecule has 0 fully saturated rings. The zero-order valence-corrected chi connectivity index (χ0v) is 21.6. The summed E-state index contributed by atoms with van der Waals surface area (Å²) in [5.41, 5.74) is 3.30. The second-order valence-corrected chi connectivity index (χ2v) is 9.20. The predicted octanol–water partition coefficient (Wildman–Crippen LogP) is 6.95. The van der Waals surface area contributed by atoms with Gasteiger partial charge in [0.15, 0.2) is 0 Å². The van der Waals surface area contributed by atoms with E-state index in [9.17, 15) is 14.4 Å². The van der Waals surface area contributed by atoms with Gasteiger partial charge in [0, 0.05) is 35.5 Å². The van der Waals surface area contributed by atoms with Gasteiger partial charge in [0.2, 0.25) is 5.91 Å². The molecule has 3 aromatic rings. The minimum Gasteiger partial charge on any atom is -0.348 e. The van der Waals surface area contributed by atoms with E-state index in [1.807, 2.05) is 30.3 Å². The molecule has 3 rings (SSSR count). The lowest BCUT2D eigenvalue weighted by Crippen LogP contribution is -2.22. The minimum absolute atomic E-state index is 0.00125. The first kappa shape index (κ1) is 27.7. The molecule has 3 amide bonds. The fourth-order valence-electron chi connectivity index (χ4n) is 3.96. The van der Waals surface area contributed by atoms with Gasteiger partial charge in [-0.05, 0) is 60.5 Å². The van der Waals surface area contributed by atoms with Gasteiger partial charge in [0.25, 0.3) is 11.8 Å². The third-order valence-electron chi connectivity index (χ3n) is 6.14. The largest absolute Gasteiger partial charge is 0.348 e. The molecule has 3 aromatic carbocycles. The van der Waals surface area contributed by atoms with E-state index >= 15 is 0 Å². The Hall–Kier alpha value is -3.93. The van der Waals surface area contributed by atoms with Crippen molar-refractivity contribution in [3.05, 3.63) is 95.6 Å². The second-order valence-electron chi connectivity index (χ2n) is 9.20. The maximum Gasteiger partial charge on any atom is 0.255 e. The lowest BCUT2D eigenvalue weighted by Gasteiger charge is -2.09. The molecule has 0 heterocycles. The van der Waals surface area contributed by atoms with E-state index < -0.39 is 0 Å². The summed E-state index contributed by atoms with van der Waals surface area (Å²) in [6.45, 7) is 2.66. The summed E-state index contributed by atoms with van der Waals surface area (Å²) < 4.78 is 0. The van der Waals surface area contributed by atoms with Crippen LogP contribution in [0.3, 0.4) is 0 Å². The third-order valence-corrected chi connectivity index (χ3v) is 6.14. The molecular weight excluding hydrogens is 462 g/mol.